The van der Waals surface area contributed by atoms with E-state index in [9.17, 15) is 0 Å². The first-order valence-corrected chi connectivity index (χ1v) is 14.7. The van der Waals surface area contributed by atoms with Gasteiger partial charge >= 0.3 is 0 Å². The second-order valence-electron chi connectivity index (χ2n) is 9.73. The Balaban J connectivity index is 1.26. The quantitative estimate of drug-likeness (QED) is 0.220. The fourth-order valence-electron chi connectivity index (χ4n) is 5.23. The molecule has 0 aliphatic rings. The largest absolute Gasteiger partial charge is 0.256 e. The normalized spacial score (nSPS) is 11.5. The van der Waals surface area contributed by atoms with E-state index in [2.05, 4.69) is 103 Å². The van der Waals surface area contributed by atoms with Gasteiger partial charge in [0, 0.05) is 22.7 Å². The van der Waals surface area contributed by atoms with E-state index in [4.69, 9.17) is 15.0 Å². The van der Waals surface area contributed by atoms with E-state index in [1.165, 1.54) is 9.40 Å². The lowest BCUT2D eigenvalue weighted by atomic mass is 9.93. The fraction of sp³-hybridized carbons (Fsp3) is 0. The molecule has 0 radical (unpaired) electrons. The Morgan fingerprint density at radius 2 is 1.02 bits per heavy atom. The molecule has 5 aromatic carbocycles. The van der Waals surface area contributed by atoms with Crippen LogP contribution in [-0.4, -0.2) is 15.0 Å². The topological polar surface area (TPSA) is 38.7 Å². The monoisotopic (exact) mass is 547 g/mol. The highest BCUT2D eigenvalue weighted by Crippen LogP contribution is 2.38. The van der Waals surface area contributed by atoms with Gasteiger partial charge in [-0.05, 0) is 76.9 Å². The predicted octanol–water partition coefficient (Wildman–Crippen LogP) is 10.1. The molecule has 0 saturated heterocycles. The first kappa shape index (κ1) is 23.2. The molecule has 3 heterocycles. The zero-order valence-electron chi connectivity index (χ0n) is 21.3. The van der Waals surface area contributed by atoms with Crippen LogP contribution in [0.1, 0.15) is 0 Å². The minimum atomic E-state index is 0.978. The molecule has 0 N–H and O–H groups in total. The number of aromatic nitrogens is 3. The molecule has 0 bridgehead atoms. The van der Waals surface area contributed by atoms with Crippen LogP contribution < -0.4 is 0 Å². The van der Waals surface area contributed by atoms with Crippen LogP contribution in [0.25, 0.3) is 74.7 Å². The Kier molecular flexibility index (Phi) is 5.50. The molecule has 0 saturated carbocycles. The number of nitrogens with zero attached hydrogens (tertiary/aromatic N) is 3. The molecule has 0 amide bonds. The molecule has 3 nitrogen and oxygen atoms in total. The minimum absolute atomic E-state index is 0.978. The molecule has 0 aliphatic carbocycles. The zero-order chi connectivity index (χ0) is 26.5. The Morgan fingerprint density at radius 1 is 0.425 bits per heavy atom. The van der Waals surface area contributed by atoms with Crippen LogP contribution >= 0.6 is 22.7 Å². The summed E-state index contributed by atoms with van der Waals surface area (Å²) in [6.45, 7) is 0. The van der Waals surface area contributed by atoms with Crippen molar-refractivity contribution < 1.29 is 0 Å². The average Bonchev–Trinajstić information content (AvgIpc) is 3.66. The molecule has 0 aliphatic heterocycles. The number of fused-ring (bicyclic) bond motifs is 3. The zero-order valence-corrected chi connectivity index (χ0v) is 22.9. The van der Waals surface area contributed by atoms with E-state index in [1.54, 1.807) is 22.7 Å². The number of thiazole rings is 2. The first-order chi connectivity index (χ1) is 19.8. The van der Waals surface area contributed by atoms with Gasteiger partial charge in [-0.2, -0.15) is 0 Å². The lowest BCUT2D eigenvalue weighted by molar-refractivity contribution is 1.41. The summed E-state index contributed by atoms with van der Waals surface area (Å²) in [5.41, 5.74) is 9.90. The molecular formula is C35H21N3S2. The van der Waals surface area contributed by atoms with E-state index in [0.717, 1.165) is 65.3 Å². The highest BCUT2D eigenvalue weighted by Gasteiger charge is 2.13. The van der Waals surface area contributed by atoms with E-state index in [0.29, 0.717) is 0 Å². The van der Waals surface area contributed by atoms with Crippen molar-refractivity contribution in [3.05, 3.63) is 128 Å². The smallest absolute Gasteiger partial charge is 0.124 e. The molecule has 188 valence electrons. The van der Waals surface area contributed by atoms with Crippen molar-refractivity contribution in [2.75, 3.05) is 0 Å². The summed E-state index contributed by atoms with van der Waals surface area (Å²) in [6, 6.07) is 42.6. The molecule has 3 aromatic heterocycles. The van der Waals surface area contributed by atoms with Crippen molar-refractivity contribution in [3.8, 4) is 43.4 Å². The van der Waals surface area contributed by atoms with Gasteiger partial charge in [0.25, 0.3) is 0 Å². The number of hydrogen-bond donors (Lipinski definition) is 0. The van der Waals surface area contributed by atoms with Gasteiger partial charge < -0.3 is 0 Å². The van der Waals surface area contributed by atoms with Crippen LogP contribution in [0.3, 0.4) is 0 Å². The number of para-hydroxylation sites is 2. The molecule has 0 spiro atoms. The molecule has 8 rings (SSSR count). The summed E-state index contributed by atoms with van der Waals surface area (Å²) in [7, 11) is 0. The molecule has 0 fully saturated rings. The summed E-state index contributed by atoms with van der Waals surface area (Å²) < 4.78 is 2.40. The second kappa shape index (κ2) is 9.49. The van der Waals surface area contributed by atoms with Crippen LogP contribution in [0.2, 0.25) is 0 Å². The molecule has 8 aromatic rings. The van der Waals surface area contributed by atoms with Crippen molar-refractivity contribution >= 4 is 54.0 Å². The third-order valence-electron chi connectivity index (χ3n) is 7.17. The number of rotatable bonds is 4. The lowest BCUT2D eigenvalue weighted by Gasteiger charge is -2.12. The number of benzene rings is 5. The Bertz CT molecular complexity index is 2130. The standard InChI is InChI=1S/C35H21N3S2/c1-3-15-32-29(13-1)37-34(39-32)24-10-5-8-22(18-24)26-20-28(27-12-7-17-36-31(27)21-26)23-9-6-11-25(19-23)35-38-30-14-2-4-16-33(30)40-35/h1-21H. The fourth-order valence-corrected chi connectivity index (χ4v) is 7.15. The third kappa shape index (κ3) is 4.08. The van der Waals surface area contributed by atoms with Crippen molar-refractivity contribution in [1.82, 2.24) is 15.0 Å². The van der Waals surface area contributed by atoms with E-state index in [-0.39, 0.29) is 0 Å². The van der Waals surface area contributed by atoms with Crippen LogP contribution in [0.5, 0.6) is 0 Å². The molecule has 5 heteroatoms. The third-order valence-corrected chi connectivity index (χ3v) is 9.34. The van der Waals surface area contributed by atoms with Gasteiger partial charge in [-0.15, -0.1) is 22.7 Å². The van der Waals surface area contributed by atoms with E-state index < -0.39 is 0 Å². The van der Waals surface area contributed by atoms with Gasteiger partial charge in [-0.3, -0.25) is 4.98 Å². The predicted molar refractivity (Wildman–Crippen MR) is 170 cm³/mol. The molecule has 0 unspecified atom stereocenters. The van der Waals surface area contributed by atoms with Gasteiger partial charge in [0.1, 0.15) is 10.0 Å². The van der Waals surface area contributed by atoms with Crippen molar-refractivity contribution in [2.24, 2.45) is 0 Å². The van der Waals surface area contributed by atoms with Crippen molar-refractivity contribution in [2.45, 2.75) is 0 Å². The van der Waals surface area contributed by atoms with Crippen LogP contribution in [-0.2, 0) is 0 Å². The Hall–Kier alpha value is -4.71. The van der Waals surface area contributed by atoms with Crippen LogP contribution in [0.4, 0.5) is 0 Å². The summed E-state index contributed by atoms with van der Waals surface area (Å²) in [5.74, 6) is 0. The second-order valence-corrected chi connectivity index (χ2v) is 11.8. The maximum absolute atomic E-state index is 4.90. The molecular weight excluding hydrogens is 527 g/mol. The van der Waals surface area contributed by atoms with E-state index in [1.807, 2.05) is 24.4 Å². The van der Waals surface area contributed by atoms with Gasteiger partial charge in [0.15, 0.2) is 0 Å². The average molecular weight is 548 g/mol. The van der Waals surface area contributed by atoms with Crippen molar-refractivity contribution in [1.29, 1.82) is 0 Å². The number of pyridine rings is 1. The first-order valence-electron chi connectivity index (χ1n) is 13.1. The van der Waals surface area contributed by atoms with Gasteiger partial charge in [0.05, 0.1) is 25.9 Å². The SMILES string of the molecule is c1cc(-c2cc(-c3cccc(-c4nc5ccccc5s4)c3)c3cccnc3c2)cc(-c2nc3ccccc3s2)c1. The minimum Gasteiger partial charge on any atom is -0.256 e. The summed E-state index contributed by atoms with van der Waals surface area (Å²) in [4.78, 5) is 14.5. The summed E-state index contributed by atoms with van der Waals surface area (Å²) in [6.07, 6.45) is 1.87. The molecule has 0 atom stereocenters. The number of hydrogen-bond acceptors (Lipinski definition) is 5. The lowest BCUT2D eigenvalue weighted by Crippen LogP contribution is -1.88. The Labute approximate surface area is 239 Å². The van der Waals surface area contributed by atoms with Gasteiger partial charge in [-0.1, -0.05) is 66.7 Å². The maximum Gasteiger partial charge on any atom is 0.124 e. The Morgan fingerprint density at radius 3 is 1.70 bits per heavy atom. The van der Waals surface area contributed by atoms with Crippen molar-refractivity contribution in [3.63, 3.8) is 0 Å². The van der Waals surface area contributed by atoms with E-state index >= 15 is 0 Å². The summed E-state index contributed by atoms with van der Waals surface area (Å²) in [5, 5.41) is 3.20. The molecule has 40 heavy (non-hydrogen) atoms. The highest BCUT2D eigenvalue weighted by molar-refractivity contribution is 7.22. The van der Waals surface area contributed by atoms with Crippen LogP contribution in [0.15, 0.2) is 128 Å². The van der Waals surface area contributed by atoms with Crippen LogP contribution in [0, 0.1) is 0 Å². The highest BCUT2D eigenvalue weighted by atomic mass is 32.1. The maximum atomic E-state index is 4.90. The van der Waals surface area contributed by atoms with Gasteiger partial charge in [-0.25, -0.2) is 9.97 Å². The van der Waals surface area contributed by atoms with Gasteiger partial charge in [0.2, 0.25) is 0 Å². The summed E-state index contributed by atoms with van der Waals surface area (Å²) >= 11 is 3.46.